The third-order valence-corrected chi connectivity index (χ3v) is 10.3. The highest BCUT2D eigenvalue weighted by molar-refractivity contribution is 5.43. The van der Waals surface area contributed by atoms with E-state index in [4.69, 9.17) is 43.0 Å². The summed E-state index contributed by atoms with van der Waals surface area (Å²) in [6, 6.07) is 32.0. The lowest BCUT2D eigenvalue weighted by molar-refractivity contribution is -0.0337. The Morgan fingerprint density at radius 1 is 0.590 bits per heavy atom. The van der Waals surface area contributed by atoms with Crippen molar-refractivity contribution in [3.05, 3.63) is 132 Å². The first-order valence-electron chi connectivity index (χ1n) is 20.7. The highest BCUT2D eigenvalue weighted by Gasteiger charge is 2.26. The zero-order valence-electron chi connectivity index (χ0n) is 36.5. The molecule has 4 N–H and O–H groups in total. The molecule has 334 valence electrons. The molecular weight excluding hydrogens is 781 g/mol. The fourth-order valence-corrected chi connectivity index (χ4v) is 6.03. The highest BCUT2D eigenvalue weighted by atomic mass is 16.6. The van der Waals surface area contributed by atoms with E-state index < -0.39 is 18.3 Å². The zero-order chi connectivity index (χ0) is 44.3. The Morgan fingerprint density at radius 3 is 1.31 bits per heavy atom. The van der Waals surface area contributed by atoms with Gasteiger partial charge in [0.05, 0.1) is 45.7 Å². The van der Waals surface area contributed by atoms with Gasteiger partial charge in [-0.05, 0) is 77.7 Å². The Morgan fingerprint density at radius 2 is 0.951 bits per heavy atom. The summed E-state index contributed by atoms with van der Waals surface area (Å²) in [5, 5.41) is 37.9. The second kappa shape index (κ2) is 24.8. The number of aliphatic hydroxyl groups excluding tert-OH is 4. The summed E-state index contributed by atoms with van der Waals surface area (Å²) >= 11 is 0. The van der Waals surface area contributed by atoms with Crippen molar-refractivity contribution in [1.29, 1.82) is 0 Å². The van der Waals surface area contributed by atoms with Crippen LogP contribution in [0.5, 0.6) is 23.0 Å². The van der Waals surface area contributed by atoms with Crippen LogP contribution in [0.1, 0.15) is 56.9 Å². The van der Waals surface area contributed by atoms with E-state index in [0.29, 0.717) is 31.3 Å². The molecule has 5 atom stereocenters. The molecule has 1 aliphatic rings. The number of ether oxygens (including phenoxy) is 8. The number of aliphatic hydroxyl groups is 4. The van der Waals surface area contributed by atoms with Crippen LogP contribution in [0.3, 0.4) is 0 Å². The highest BCUT2D eigenvalue weighted by Crippen LogP contribution is 2.35. The van der Waals surface area contributed by atoms with Crippen LogP contribution in [0.2, 0.25) is 0 Å². The van der Waals surface area contributed by atoms with Gasteiger partial charge in [0.1, 0.15) is 73.8 Å². The molecule has 0 amide bonds. The largest absolute Gasteiger partial charge is 0.491 e. The Labute approximate surface area is 361 Å². The number of hydrogen-bond donors (Lipinski definition) is 4. The Kier molecular flexibility index (Phi) is 20.0. The molecule has 0 radical (unpaired) electrons. The van der Waals surface area contributed by atoms with Crippen LogP contribution in [0.4, 0.5) is 0 Å². The second-order valence-electron chi connectivity index (χ2n) is 16.1. The first kappa shape index (κ1) is 49.2. The molecule has 12 heteroatoms. The standard InChI is InChI=1S/C25H34O5.C24H32O7/c1-6-15-29-23-11-7-20(8-12-23)25(3,4)21-9-13-24(14-10-21)30-18-22(26)17-28-16-19(2)27-5;1-24(2,18-5-9-22(10-6-18)30-15-23-16-31-23)17-3-7-21(8-4-17)29-14-20(27)13-28-12-19(26)11-25/h6-14,19,22,26H,1,15-18H2,2-5H3;3-10,19-20,23,25-27H,11-16H2,1-2H3. The number of hydrogen-bond acceptors (Lipinski definition) is 12. The average Bonchev–Trinajstić information content (AvgIpc) is 4.11. The lowest BCUT2D eigenvalue weighted by atomic mass is 9.78. The molecule has 5 rings (SSSR count). The van der Waals surface area contributed by atoms with Crippen molar-refractivity contribution in [2.45, 2.75) is 76.0 Å². The van der Waals surface area contributed by atoms with Crippen LogP contribution in [0, 0.1) is 0 Å². The third kappa shape index (κ3) is 16.7. The Bertz CT molecular complexity index is 1810. The first-order valence-corrected chi connectivity index (χ1v) is 20.7. The first-order chi connectivity index (χ1) is 29.2. The van der Waals surface area contributed by atoms with Gasteiger partial charge in [-0.2, -0.15) is 0 Å². The van der Waals surface area contributed by atoms with Crippen LogP contribution in [-0.2, 0) is 29.8 Å². The summed E-state index contributed by atoms with van der Waals surface area (Å²) < 4.78 is 43.4. The second-order valence-corrected chi connectivity index (χ2v) is 16.1. The monoisotopic (exact) mass is 846 g/mol. The summed E-state index contributed by atoms with van der Waals surface area (Å²) in [4.78, 5) is 0. The molecule has 4 aromatic carbocycles. The van der Waals surface area contributed by atoms with Crippen molar-refractivity contribution < 1.29 is 58.3 Å². The molecule has 0 spiro atoms. The van der Waals surface area contributed by atoms with Crippen molar-refractivity contribution in [3.63, 3.8) is 0 Å². The summed E-state index contributed by atoms with van der Waals surface area (Å²) in [5.74, 6) is 3.04. The van der Waals surface area contributed by atoms with Crippen molar-refractivity contribution in [2.75, 3.05) is 73.2 Å². The van der Waals surface area contributed by atoms with Crippen molar-refractivity contribution >= 4 is 0 Å². The topological polar surface area (TPSA) is 158 Å². The minimum atomic E-state index is -0.940. The van der Waals surface area contributed by atoms with E-state index in [1.165, 1.54) is 16.7 Å². The van der Waals surface area contributed by atoms with Crippen molar-refractivity contribution in [3.8, 4) is 23.0 Å². The van der Waals surface area contributed by atoms with Crippen LogP contribution in [0.25, 0.3) is 0 Å². The zero-order valence-corrected chi connectivity index (χ0v) is 36.5. The van der Waals surface area contributed by atoms with E-state index in [1.54, 1.807) is 13.2 Å². The van der Waals surface area contributed by atoms with E-state index in [2.05, 4.69) is 70.7 Å². The summed E-state index contributed by atoms with van der Waals surface area (Å²) in [7, 11) is 1.63. The summed E-state index contributed by atoms with van der Waals surface area (Å²) in [6.07, 6.45) is -0.476. The molecule has 61 heavy (non-hydrogen) atoms. The molecule has 12 nitrogen and oxygen atoms in total. The van der Waals surface area contributed by atoms with Gasteiger partial charge in [-0.15, -0.1) is 0 Å². The smallest absolute Gasteiger partial charge is 0.119 e. The molecule has 0 aromatic heterocycles. The van der Waals surface area contributed by atoms with Crippen LogP contribution < -0.4 is 18.9 Å². The van der Waals surface area contributed by atoms with Gasteiger partial charge in [0.15, 0.2) is 0 Å². The van der Waals surface area contributed by atoms with Gasteiger partial charge in [-0.25, -0.2) is 0 Å². The minimum Gasteiger partial charge on any atom is -0.491 e. The predicted octanol–water partition coefficient (Wildman–Crippen LogP) is 6.27. The molecule has 4 aromatic rings. The van der Waals surface area contributed by atoms with E-state index in [9.17, 15) is 15.3 Å². The minimum absolute atomic E-state index is 0.00453. The average molecular weight is 847 g/mol. The van der Waals surface area contributed by atoms with Gasteiger partial charge in [0, 0.05) is 17.9 Å². The van der Waals surface area contributed by atoms with Crippen molar-refractivity contribution in [2.24, 2.45) is 0 Å². The third-order valence-electron chi connectivity index (χ3n) is 10.3. The normalized spacial score (nSPS) is 15.7. The number of rotatable bonds is 26. The van der Waals surface area contributed by atoms with Crippen LogP contribution >= 0.6 is 0 Å². The molecule has 0 saturated carbocycles. The maximum atomic E-state index is 10.00. The molecular formula is C49H66O12. The SMILES string of the molecule is C=CCOc1ccc(C(C)(C)c2ccc(OCC(O)COCC(C)OC)cc2)cc1.CC(C)(c1ccc(OCC(O)COCC(O)CO)cc1)c1ccc(OCC2CO2)cc1. The summed E-state index contributed by atoms with van der Waals surface area (Å²) in [5.41, 5.74) is 4.32. The number of benzene rings is 4. The predicted molar refractivity (Wildman–Crippen MR) is 235 cm³/mol. The maximum Gasteiger partial charge on any atom is 0.119 e. The van der Waals surface area contributed by atoms with Crippen LogP contribution in [-0.4, -0.2) is 124 Å². The number of methoxy groups -OCH3 is 1. The lowest BCUT2D eigenvalue weighted by Crippen LogP contribution is -2.27. The number of epoxide rings is 1. The van der Waals surface area contributed by atoms with Crippen molar-refractivity contribution in [1.82, 2.24) is 0 Å². The Hall–Kier alpha value is -4.50. The molecule has 1 saturated heterocycles. The molecule has 0 bridgehead atoms. The van der Waals surface area contributed by atoms with E-state index in [0.717, 1.165) is 23.7 Å². The van der Waals surface area contributed by atoms with Gasteiger partial charge < -0.3 is 58.3 Å². The molecule has 5 unspecified atom stereocenters. The summed E-state index contributed by atoms with van der Waals surface area (Å²) in [6.45, 7) is 16.7. The van der Waals surface area contributed by atoms with Gasteiger partial charge in [0.2, 0.25) is 0 Å². The molecule has 0 aliphatic carbocycles. The van der Waals surface area contributed by atoms with E-state index in [1.807, 2.05) is 67.6 Å². The fourth-order valence-electron chi connectivity index (χ4n) is 6.03. The maximum absolute atomic E-state index is 10.00. The quantitative estimate of drug-likeness (QED) is 0.0416. The Balaban J connectivity index is 0.000000269. The fraction of sp³-hybridized carbons (Fsp3) is 0.469. The molecule has 1 fully saturated rings. The molecule has 1 heterocycles. The lowest BCUT2D eigenvalue weighted by Gasteiger charge is -2.26. The van der Waals surface area contributed by atoms with Gasteiger partial charge in [-0.3, -0.25) is 0 Å². The van der Waals surface area contributed by atoms with Gasteiger partial charge >= 0.3 is 0 Å². The van der Waals surface area contributed by atoms with E-state index >= 15 is 0 Å². The van der Waals surface area contributed by atoms with E-state index in [-0.39, 0.29) is 62.7 Å². The van der Waals surface area contributed by atoms with Gasteiger partial charge in [-0.1, -0.05) is 88.9 Å². The molecule has 1 aliphatic heterocycles. The van der Waals surface area contributed by atoms with Crippen LogP contribution in [0.15, 0.2) is 110 Å². The van der Waals surface area contributed by atoms with Gasteiger partial charge in [0.25, 0.3) is 0 Å².